The third-order valence-corrected chi connectivity index (χ3v) is 5.87. The summed E-state index contributed by atoms with van der Waals surface area (Å²) in [6.07, 6.45) is 5.09. The molecular weight excluding hydrogens is 419 g/mol. The zero-order valence-electron chi connectivity index (χ0n) is 18.4. The molecule has 0 spiro atoms. The van der Waals surface area contributed by atoms with Crippen LogP contribution < -0.4 is 11.0 Å². The number of rotatable bonds is 6. The Labute approximate surface area is 191 Å². The van der Waals surface area contributed by atoms with Crippen LogP contribution in [0.3, 0.4) is 0 Å². The Bertz CT molecular complexity index is 1250. The Balaban J connectivity index is 1.57. The molecular formula is C25H25FN6O. The van der Waals surface area contributed by atoms with Crippen molar-refractivity contribution in [2.75, 3.05) is 12.0 Å². The number of piperidine rings is 1. The number of benzene rings is 2. The Morgan fingerprint density at radius 1 is 1.30 bits per heavy atom. The molecule has 2 aromatic carbocycles. The zero-order chi connectivity index (χ0) is 23.2. The summed E-state index contributed by atoms with van der Waals surface area (Å²) in [6, 6.07) is 16.0. The number of likely N-dealkylation sites (tertiary alicyclic amines) is 1. The second-order valence-electron chi connectivity index (χ2n) is 8.14. The maximum atomic E-state index is 14.0. The lowest BCUT2D eigenvalue weighted by molar-refractivity contribution is 0.152. The largest absolute Gasteiger partial charge is 0.296 e. The average molecular weight is 445 g/mol. The predicted octanol–water partition coefficient (Wildman–Crippen LogP) is 4.27. The van der Waals surface area contributed by atoms with Gasteiger partial charge in [-0.1, -0.05) is 42.8 Å². The highest BCUT2D eigenvalue weighted by Crippen LogP contribution is 2.22. The summed E-state index contributed by atoms with van der Waals surface area (Å²) in [5, 5.41) is 13.6. The van der Waals surface area contributed by atoms with Crippen LogP contribution in [0.5, 0.6) is 0 Å². The average Bonchev–Trinajstić information content (AvgIpc) is 2.82. The van der Waals surface area contributed by atoms with Gasteiger partial charge in [-0.3, -0.25) is 14.7 Å². The minimum Gasteiger partial charge on any atom is -0.296 e. The lowest BCUT2D eigenvalue weighted by atomic mass is 10.0. The molecule has 0 saturated carbocycles. The molecule has 1 aliphatic rings. The van der Waals surface area contributed by atoms with Crippen LogP contribution in [0.15, 0.2) is 58.4 Å². The lowest BCUT2D eigenvalue weighted by Gasteiger charge is -2.33. The number of hydrogen-bond acceptors (Lipinski definition) is 6. The standard InChI is InChI=1S/C25H25FN6O/c1-17-7-5-6-12-32(17)16-20-13-21(26)11-10-19(20)15-28-31-25-29-23(18-8-3-2-4-9-18)22(14-27)24(33)30-25/h2-4,8-11,13,15,17H,5-7,12,16H2,1H3,(H2,29,30,31,33). The number of anilines is 1. The van der Waals surface area contributed by atoms with Crippen LogP contribution in [0.1, 0.15) is 42.9 Å². The van der Waals surface area contributed by atoms with Crippen LogP contribution in [0.25, 0.3) is 11.3 Å². The third kappa shape index (κ3) is 5.33. The molecule has 3 aromatic rings. The monoisotopic (exact) mass is 444 g/mol. The van der Waals surface area contributed by atoms with Crippen LogP contribution >= 0.6 is 0 Å². The van der Waals surface area contributed by atoms with Crippen molar-refractivity contribution in [2.24, 2.45) is 5.10 Å². The molecule has 0 amide bonds. The number of nitrogens with zero attached hydrogens (tertiary/aromatic N) is 4. The highest BCUT2D eigenvalue weighted by molar-refractivity contribution is 5.82. The van der Waals surface area contributed by atoms with Gasteiger partial charge in [-0.2, -0.15) is 10.4 Å². The summed E-state index contributed by atoms with van der Waals surface area (Å²) >= 11 is 0. The molecule has 1 atom stereocenters. The first-order chi connectivity index (χ1) is 16.0. The number of halogens is 1. The highest BCUT2D eigenvalue weighted by Gasteiger charge is 2.19. The van der Waals surface area contributed by atoms with Crippen LogP contribution in [0.2, 0.25) is 0 Å². The molecule has 8 heteroatoms. The fraction of sp³-hybridized carbons (Fsp3) is 0.280. The minimum absolute atomic E-state index is 0.0628. The predicted molar refractivity (Wildman–Crippen MR) is 126 cm³/mol. The highest BCUT2D eigenvalue weighted by atomic mass is 19.1. The van der Waals surface area contributed by atoms with Crippen molar-refractivity contribution >= 4 is 12.2 Å². The van der Waals surface area contributed by atoms with E-state index in [1.165, 1.54) is 18.6 Å². The first-order valence-electron chi connectivity index (χ1n) is 11.0. The number of aromatic amines is 1. The summed E-state index contributed by atoms with van der Waals surface area (Å²) in [4.78, 5) is 21.7. The van der Waals surface area contributed by atoms with E-state index in [1.807, 2.05) is 24.3 Å². The quantitative estimate of drug-likeness (QED) is 0.437. The van der Waals surface area contributed by atoms with Crippen LogP contribution in [-0.2, 0) is 6.54 Å². The van der Waals surface area contributed by atoms with Gasteiger partial charge in [-0.25, -0.2) is 14.8 Å². The van der Waals surface area contributed by atoms with Gasteiger partial charge in [0.05, 0.1) is 11.9 Å². The van der Waals surface area contributed by atoms with E-state index in [4.69, 9.17) is 0 Å². The van der Waals surface area contributed by atoms with Crippen molar-refractivity contribution < 1.29 is 4.39 Å². The molecule has 0 bridgehead atoms. The van der Waals surface area contributed by atoms with E-state index in [-0.39, 0.29) is 23.0 Å². The lowest BCUT2D eigenvalue weighted by Crippen LogP contribution is -2.37. The molecule has 2 heterocycles. The molecule has 0 aliphatic carbocycles. The SMILES string of the molecule is CC1CCCCN1Cc1cc(F)ccc1C=NNc1nc(-c2ccccc2)c(C#N)c(=O)[nH]1. The Kier molecular flexibility index (Phi) is 6.91. The molecule has 1 aliphatic heterocycles. The number of nitrogens with one attached hydrogen (secondary N) is 2. The van der Waals surface area contributed by atoms with E-state index in [2.05, 4.69) is 32.3 Å². The molecule has 1 aromatic heterocycles. The maximum Gasteiger partial charge on any atom is 0.270 e. The zero-order valence-corrected chi connectivity index (χ0v) is 18.4. The Hall–Kier alpha value is -3.83. The second-order valence-corrected chi connectivity index (χ2v) is 8.14. The molecule has 2 N–H and O–H groups in total. The number of nitriles is 1. The van der Waals surface area contributed by atoms with Crippen molar-refractivity contribution in [1.29, 1.82) is 5.26 Å². The van der Waals surface area contributed by atoms with E-state index in [0.29, 0.717) is 18.2 Å². The molecule has 1 fully saturated rings. The summed E-state index contributed by atoms with van der Waals surface area (Å²) in [5.74, 6) is -0.173. The van der Waals surface area contributed by atoms with Crippen molar-refractivity contribution in [3.05, 3.63) is 81.4 Å². The van der Waals surface area contributed by atoms with Gasteiger partial charge < -0.3 is 0 Å². The summed E-state index contributed by atoms with van der Waals surface area (Å²) in [5.41, 5.74) is 4.68. The van der Waals surface area contributed by atoms with E-state index in [1.54, 1.807) is 24.4 Å². The first kappa shape index (κ1) is 22.4. The smallest absolute Gasteiger partial charge is 0.270 e. The van der Waals surface area contributed by atoms with Gasteiger partial charge in [0, 0.05) is 18.2 Å². The second kappa shape index (κ2) is 10.2. The van der Waals surface area contributed by atoms with E-state index < -0.39 is 5.56 Å². The van der Waals surface area contributed by atoms with Crippen molar-refractivity contribution in [2.45, 2.75) is 38.8 Å². The molecule has 1 unspecified atom stereocenters. The minimum atomic E-state index is -0.550. The van der Waals surface area contributed by atoms with Gasteiger partial charge in [-0.15, -0.1) is 0 Å². The fourth-order valence-electron chi connectivity index (χ4n) is 4.05. The molecule has 168 valence electrons. The summed E-state index contributed by atoms with van der Waals surface area (Å²) in [7, 11) is 0. The van der Waals surface area contributed by atoms with Crippen molar-refractivity contribution in [3.8, 4) is 17.3 Å². The maximum absolute atomic E-state index is 14.0. The van der Waals surface area contributed by atoms with Crippen LogP contribution in [0.4, 0.5) is 10.3 Å². The van der Waals surface area contributed by atoms with Gasteiger partial charge in [0.15, 0.2) is 0 Å². The van der Waals surface area contributed by atoms with Crippen LogP contribution in [-0.4, -0.2) is 33.7 Å². The number of hydrogen-bond donors (Lipinski definition) is 2. The van der Waals surface area contributed by atoms with E-state index >= 15 is 0 Å². The van der Waals surface area contributed by atoms with Gasteiger partial charge in [0.2, 0.25) is 5.95 Å². The Morgan fingerprint density at radius 2 is 2.12 bits per heavy atom. The van der Waals surface area contributed by atoms with E-state index in [0.717, 1.165) is 30.5 Å². The summed E-state index contributed by atoms with van der Waals surface area (Å²) < 4.78 is 14.0. The van der Waals surface area contributed by atoms with Crippen LogP contribution in [0, 0.1) is 17.1 Å². The molecule has 7 nitrogen and oxygen atoms in total. The number of hydrazone groups is 1. The summed E-state index contributed by atoms with van der Waals surface area (Å²) in [6.45, 7) is 3.83. The van der Waals surface area contributed by atoms with Gasteiger partial charge in [-0.05, 0) is 49.6 Å². The topological polar surface area (TPSA) is 97.2 Å². The molecule has 4 rings (SSSR count). The number of H-pyrrole nitrogens is 1. The first-order valence-corrected chi connectivity index (χ1v) is 11.0. The van der Waals surface area contributed by atoms with Gasteiger partial charge >= 0.3 is 0 Å². The molecule has 33 heavy (non-hydrogen) atoms. The molecule has 0 radical (unpaired) electrons. The van der Waals surface area contributed by atoms with Crippen molar-refractivity contribution in [3.63, 3.8) is 0 Å². The fourth-order valence-corrected chi connectivity index (χ4v) is 4.05. The van der Waals surface area contributed by atoms with Gasteiger partial charge in [0.1, 0.15) is 17.4 Å². The Morgan fingerprint density at radius 3 is 2.88 bits per heavy atom. The van der Waals surface area contributed by atoms with E-state index in [9.17, 15) is 14.4 Å². The normalized spacial score (nSPS) is 16.6. The third-order valence-electron chi connectivity index (χ3n) is 5.87. The number of aromatic nitrogens is 2. The molecule has 1 saturated heterocycles. The van der Waals surface area contributed by atoms with Crippen molar-refractivity contribution in [1.82, 2.24) is 14.9 Å². The van der Waals surface area contributed by atoms with Gasteiger partial charge in [0.25, 0.3) is 5.56 Å².